The first-order valence-corrected chi connectivity index (χ1v) is 13.2. The van der Waals surface area contributed by atoms with Crippen LogP contribution in [0.1, 0.15) is 40.7 Å². The van der Waals surface area contributed by atoms with Crippen molar-refractivity contribution < 1.29 is 9.53 Å². The fourth-order valence-corrected chi connectivity index (χ4v) is 5.54. The molecular weight excluding hydrogens is 470 g/mol. The van der Waals surface area contributed by atoms with Crippen LogP contribution in [0.2, 0.25) is 0 Å². The summed E-state index contributed by atoms with van der Waals surface area (Å²) < 4.78 is 6.94. The highest BCUT2D eigenvalue weighted by atomic mass is 32.2. The molecule has 184 valence electrons. The van der Waals surface area contributed by atoms with Crippen LogP contribution < -0.4 is 10.3 Å². The molecule has 0 spiro atoms. The number of carbonyl (C=O) groups excluding carboxylic acids is 1. The van der Waals surface area contributed by atoms with Gasteiger partial charge in [0.15, 0.2) is 5.16 Å². The van der Waals surface area contributed by atoms with Gasteiger partial charge < -0.3 is 9.64 Å². The van der Waals surface area contributed by atoms with Crippen molar-refractivity contribution in [3.8, 4) is 11.4 Å². The summed E-state index contributed by atoms with van der Waals surface area (Å²) in [7, 11) is 1.62. The van der Waals surface area contributed by atoms with Crippen LogP contribution in [-0.4, -0.2) is 40.6 Å². The molecule has 0 atom stereocenters. The van der Waals surface area contributed by atoms with Crippen LogP contribution in [0.25, 0.3) is 16.6 Å². The second kappa shape index (κ2) is 10.6. The Bertz CT molecular complexity index is 1460. The molecule has 5 rings (SSSR count). The molecule has 1 amide bonds. The molecule has 3 aromatic carbocycles. The molecule has 1 aromatic heterocycles. The lowest BCUT2D eigenvalue weighted by atomic mass is 10.1. The molecule has 6 nitrogen and oxygen atoms in total. The molecule has 1 aliphatic rings. The Morgan fingerprint density at radius 3 is 2.50 bits per heavy atom. The van der Waals surface area contributed by atoms with Crippen LogP contribution in [0.3, 0.4) is 0 Å². The second-order valence-electron chi connectivity index (χ2n) is 9.10. The number of rotatable bonds is 6. The highest BCUT2D eigenvalue weighted by Gasteiger charge is 2.20. The van der Waals surface area contributed by atoms with E-state index in [1.165, 1.54) is 17.3 Å². The quantitative estimate of drug-likeness (QED) is 0.254. The number of aromatic nitrogens is 2. The lowest BCUT2D eigenvalue weighted by Gasteiger charge is -2.26. The molecule has 4 aromatic rings. The monoisotopic (exact) mass is 499 g/mol. The van der Waals surface area contributed by atoms with Gasteiger partial charge in [0, 0.05) is 24.4 Å². The normalized spacial score (nSPS) is 13.7. The third kappa shape index (κ3) is 5.02. The van der Waals surface area contributed by atoms with Crippen LogP contribution in [0, 0.1) is 6.92 Å². The Labute approximate surface area is 214 Å². The number of aryl methyl sites for hydroxylation is 1. The molecule has 0 unspecified atom stereocenters. The van der Waals surface area contributed by atoms with Crippen molar-refractivity contribution in [1.82, 2.24) is 14.5 Å². The molecular formula is C29H29N3O3S. The molecule has 0 saturated carbocycles. The van der Waals surface area contributed by atoms with Gasteiger partial charge in [0.1, 0.15) is 5.75 Å². The summed E-state index contributed by atoms with van der Waals surface area (Å²) in [6, 6.07) is 21.0. The minimum Gasteiger partial charge on any atom is -0.497 e. The Morgan fingerprint density at radius 2 is 1.78 bits per heavy atom. The van der Waals surface area contributed by atoms with E-state index in [0.29, 0.717) is 27.4 Å². The van der Waals surface area contributed by atoms with Crippen LogP contribution in [0.15, 0.2) is 76.7 Å². The Hall–Kier alpha value is -3.58. The maximum atomic E-state index is 13.7. The van der Waals surface area contributed by atoms with E-state index in [1.54, 1.807) is 29.9 Å². The molecule has 0 aliphatic carbocycles. The van der Waals surface area contributed by atoms with E-state index in [4.69, 9.17) is 9.72 Å². The molecule has 0 bridgehead atoms. The van der Waals surface area contributed by atoms with Gasteiger partial charge in [-0.25, -0.2) is 4.98 Å². The molecule has 2 heterocycles. The summed E-state index contributed by atoms with van der Waals surface area (Å²) in [6.07, 6.45) is 3.23. The van der Waals surface area contributed by atoms with Gasteiger partial charge in [-0.2, -0.15) is 0 Å². The number of thioether (sulfide) groups is 1. The molecule has 1 saturated heterocycles. The Kier molecular flexibility index (Phi) is 7.09. The number of hydrogen-bond acceptors (Lipinski definition) is 5. The molecule has 0 radical (unpaired) electrons. The predicted octanol–water partition coefficient (Wildman–Crippen LogP) is 5.62. The molecule has 36 heavy (non-hydrogen) atoms. The summed E-state index contributed by atoms with van der Waals surface area (Å²) in [5.74, 6) is 1.39. The van der Waals surface area contributed by atoms with E-state index in [9.17, 15) is 9.59 Å². The number of amides is 1. The summed E-state index contributed by atoms with van der Waals surface area (Å²) >= 11 is 1.51. The fourth-order valence-electron chi connectivity index (χ4n) is 4.58. The first-order chi connectivity index (χ1) is 17.5. The van der Waals surface area contributed by atoms with E-state index < -0.39 is 0 Å². The number of ether oxygens (including phenoxy) is 1. The van der Waals surface area contributed by atoms with E-state index >= 15 is 0 Å². The third-order valence-electron chi connectivity index (χ3n) is 6.51. The van der Waals surface area contributed by atoms with Crippen LogP contribution in [-0.2, 0) is 5.75 Å². The van der Waals surface area contributed by atoms with Crippen molar-refractivity contribution in [2.45, 2.75) is 37.1 Å². The zero-order valence-corrected chi connectivity index (χ0v) is 21.4. The number of methoxy groups -OCH3 is 1. The SMILES string of the molecule is COc1ccc(-n2c(SCc3cccc(C)c3)nc3cc(C(=O)N4CCCCC4)ccc3c2=O)cc1. The smallest absolute Gasteiger partial charge is 0.266 e. The average Bonchev–Trinajstić information content (AvgIpc) is 2.92. The number of benzene rings is 3. The van der Waals surface area contributed by atoms with Gasteiger partial charge in [0.25, 0.3) is 11.5 Å². The van der Waals surface area contributed by atoms with Crippen molar-refractivity contribution in [2.75, 3.05) is 20.2 Å². The third-order valence-corrected chi connectivity index (χ3v) is 7.52. The molecule has 1 aliphatic heterocycles. The second-order valence-corrected chi connectivity index (χ2v) is 10.0. The minimum atomic E-state index is -0.158. The number of nitrogens with zero attached hydrogens (tertiary/aromatic N) is 3. The molecule has 0 N–H and O–H groups in total. The van der Waals surface area contributed by atoms with Crippen LogP contribution >= 0.6 is 11.8 Å². The lowest BCUT2D eigenvalue weighted by molar-refractivity contribution is 0.0724. The van der Waals surface area contributed by atoms with Gasteiger partial charge in [-0.05, 0) is 74.2 Å². The van der Waals surface area contributed by atoms with Gasteiger partial charge in [0.2, 0.25) is 0 Å². The number of piperidine rings is 1. The number of hydrogen-bond donors (Lipinski definition) is 0. The summed E-state index contributed by atoms with van der Waals surface area (Å²) in [5, 5.41) is 1.07. The highest BCUT2D eigenvalue weighted by molar-refractivity contribution is 7.98. The maximum Gasteiger partial charge on any atom is 0.266 e. The number of fused-ring (bicyclic) bond motifs is 1. The average molecular weight is 500 g/mol. The fraction of sp³-hybridized carbons (Fsp3) is 0.276. The molecule has 7 heteroatoms. The Balaban J connectivity index is 1.58. The first-order valence-electron chi connectivity index (χ1n) is 12.2. The maximum absolute atomic E-state index is 13.7. The molecule has 1 fully saturated rings. The standard InChI is InChI=1S/C29H29N3O3S/c1-20-7-6-8-21(17-20)19-36-29-30-26-18-22(27(33)31-15-4-3-5-16-31)9-14-25(26)28(34)32(29)23-10-12-24(35-2)13-11-23/h6-14,17-18H,3-5,15-16,19H2,1-2H3. The van der Waals surface area contributed by atoms with Gasteiger partial charge in [-0.1, -0.05) is 41.6 Å². The van der Waals surface area contributed by atoms with E-state index in [2.05, 4.69) is 25.1 Å². The summed E-state index contributed by atoms with van der Waals surface area (Å²) in [6.45, 7) is 3.62. The number of carbonyl (C=O) groups is 1. The minimum absolute atomic E-state index is 0.00620. The van der Waals surface area contributed by atoms with Crippen molar-refractivity contribution in [3.63, 3.8) is 0 Å². The lowest BCUT2D eigenvalue weighted by Crippen LogP contribution is -2.35. The predicted molar refractivity (Wildman–Crippen MR) is 144 cm³/mol. The summed E-state index contributed by atoms with van der Waals surface area (Å²) in [4.78, 5) is 33.6. The number of likely N-dealkylation sites (tertiary alicyclic amines) is 1. The van der Waals surface area contributed by atoms with E-state index in [0.717, 1.165) is 49.4 Å². The van der Waals surface area contributed by atoms with Crippen molar-refractivity contribution >= 4 is 28.6 Å². The van der Waals surface area contributed by atoms with Crippen molar-refractivity contribution in [3.05, 3.63) is 93.8 Å². The van der Waals surface area contributed by atoms with E-state index in [-0.39, 0.29) is 11.5 Å². The van der Waals surface area contributed by atoms with Crippen molar-refractivity contribution in [2.24, 2.45) is 0 Å². The van der Waals surface area contributed by atoms with Gasteiger partial charge in [0.05, 0.1) is 23.7 Å². The van der Waals surface area contributed by atoms with Gasteiger partial charge in [-0.15, -0.1) is 0 Å². The van der Waals surface area contributed by atoms with E-state index in [1.807, 2.05) is 35.2 Å². The zero-order valence-electron chi connectivity index (χ0n) is 20.6. The van der Waals surface area contributed by atoms with Crippen molar-refractivity contribution in [1.29, 1.82) is 0 Å². The first kappa shape index (κ1) is 24.1. The summed E-state index contributed by atoms with van der Waals surface area (Å²) in [5.41, 5.74) is 4.02. The zero-order chi connectivity index (χ0) is 25.1. The van der Waals surface area contributed by atoms with Gasteiger partial charge >= 0.3 is 0 Å². The topological polar surface area (TPSA) is 64.4 Å². The van der Waals surface area contributed by atoms with Gasteiger partial charge in [-0.3, -0.25) is 14.2 Å². The van der Waals surface area contributed by atoms with Crippen LogP contribution in [0.4, 0.5) is 0 Å². The Morgan fingerprint density at radius 1 is 1.00 bits per heavy atom. The van der Waals surface area contributed by atoms with Crippen LogP contribution in [0.5, 0.6) is 5.75 Å². The largest absolute Gasteiger partial charge is 0.497 e. The highest BCUT2D eigenvalue weighted by Crippen LogP contribution is 2.26.